The van der Waals surface area contributed by atoms with E-state index in [1.807, 2.05) is 6.07 Å². The second-order valence-corrected chi connectivity index (χ2v) is 9.14. The molecule has 0 aliphatic carbocycles. The number of anilines is 2. The SMILES string of the molecule is CC1CC(N)CN(c2ccncc2NCc2ccc3occ(-c4c(F)cc(CO)cc4F)c3n2)C1. The summed E-state index contributed by atoms with van der Waals surface area (Å²) in [4.78, 5) is 11.2. The molecular formula is C26H27F2N5O2. The Morgan fingerprint density at radius 1 is 1.20 bits per heavy atom. The topological polar surface area (TPSA) is 100 Å². The lowest BCUT2D eigenvalue weighted by atomic mass is 9.96. The molecule has 1 aliphatic rings. The van der Waals surface area contributed by atoms with E-state index in [2.05, 4.69) is 27.1 Å². The average molecular weight is 480 g/mol. The van der Waals surface area contributed by atoms with Gasteiger partial charge in [-0.2, -0.15) is 0 Å². The summed E-state index contributed by atoms with van der Waals surface area (Å²) in [6.07, 6.45) is 5.84. The van der Waals surface area contributed by atoms with Gasteiger partial charge in [-0.15, -0.1) is 0 Å². The molecule has 0 bridgehead atoms. The molecule has 1 fully saturated rings. The number of hydrogen-bond acceptors (Lipinski definition) is 7. The van der Waals surface area contributed by atoms with Crippen molar-refractivity contribution >= 4 is 22.5 Å². The summed E-state index contributed by atoms with van der Waals surface area (Å²) in [6.45, 7) is 3.82. The first-order valence-corrected chi connectivity index (χ1v) is 11.6. The van der Waals surface area contributed by atoms with Gasteiger partial charge >= 0.3 is 0 Å². The van der Waals surface area contributed by atoms with Crippen molar-refractivity contribution in [3.63, 3.8) is 0 Å². The van der Waals surface area contributed by atoms with Crippen LogP contribution in [-0.2, 0) is 13.2 Å². The lowest BCUT2D eigenvalue weighted by Crippen LogP contribution is -2.46. The fraction of sp³-hybridized carbons (Fsp3) is 0.308. The summed E-state index contributed by atoms with van der Waals surface area (Å²) in [5, 5.41) is 12.6. The maximum atomic E-state index is 14.7. The molecule has 0 radical (unpaired) electrons. The fourth-order valence-electron chi connectivity index (χ4n) is 4.78. The minimum atomic E-state index is -0.781. The summed E-state index contributed by atoms with van der Waals surface area (Å²) in [5.74, 6) is -1.07. The van der Waals surface area contributed by atoms with E-state index in [4.69, 9.17) is 10.2 Å². The second-order valence-electron chi connectivity index (χ2n) is 9.14. The lowest BCUT2D eigenvalue weighted by molar-refractivity contribution is 0.280. The van der Waals surface area contributed by atoms with Crippen molar-refractivity contribution in [3.05, 3.63) is 71.9 Å². The highest BCUT2D eigenvalue weighted by molar-refractivity contribution is 5.91. The number of furan rings is 1. The van der Waals surface area contributed by atoms with Crippen LogP contribution in [0.3, 0.4) is 0 Å². The Balaban J connectivity index is 1.42. The van der Waals surface area contributed by atoms with Crippen LogP contribution in [0.5, 0.6) is 0 Å². The highest BCUT2D eigenvalue weighted by atomic mass is 19.1. The van der Waals surface area contributed by atoms with Crippen LogP contribution in [0.15, 0.2) is 53.4 Å². The van der Waals surface area contributed by atoms with Gasteiger partial charge < -0.3 is 25.5 Å². The summed E-state index contributed by atoms with van der Waals surface area (Å²) >= 11 is 0. The lowest BCUT2D eigenvalue weighted by Gasteiger charge is -2.37. The van der Waals surface area contributed by atoms with Crippen molar-refractivity contribution in [2.24, 2.45) is 11.7 Å². The monoisotopic (exact) mass is 479 g/mol. The maximum absolute atomic E-state index is 14.7. The summed E-state index contributed by atoms with van der Waals surface area (Å²) < 4.78 is 34.9. The van der Waals surface area contributed by atoms with E-state index in [0.717, 1.165) is 43.0 Å². The average Bonchev–Trinajstić information content (AvgIpc) is 3.24. The van der Waals surface area contributed by atoms with E-state index in [1.165, 1.54) is 6.26 Å². The molecule has 1 aromatic carbocycles. The third kappa shape index (κ3) is 4.69. The minimum absolute atomic E-state index is 0.121. The van der Waals surface area contributed by atoms with Crippen molar-refractivity contribution < 1.29 is 18.3 Å². The van der Waals surface area contributed by atoms with Gasteiger partial charge in [0.1, 0.15) is 23.4 Å². The van der Waals surface area contributed by atoms with E-state index < -0.39 is 18.2 Å². The number of fused-ring (bicyclic) bond motifs is 1. The summed E-state index contributed by atoms with van der Waals surface area (Å²) in [6, 6.07) is 7.85. The van der Waals surface area contributed by atoms with E-state index in [-0.39, 0.29) is 22.7 Å². The Bertz CT molecular complexity index is 1330. The number of pyridine rings is 2. The molecule has 7 nitrogen and oxygen atoms in total. The second kappa shape index (κ2) is 9.59. The molecule has 3 aromatic heterocycles. The molecule has 35 heavy (non-hydrogen) atoms. The predicted molar refractivity (Wildman–Crippen MR) is 131 cm³/mol. The Hall–Kier alpha value is -3.56. The number of aromatic nitrogens is 2. The molecule has 1 aliphatic heterocycles. The zero-order valence-electron chi connectivity index (χ0n) is 19.3. The molecule has 4 heterocycles. The third-order valence-corrected chi connectivity index (χ3v) is 6.32. The molecular weight excluding hydrogens is 452 g/mol. The maximum Gasteiger partial charge on any atom is 0.152 e. The number of piperidine rings is 1. The fourth-order valence-corrected chi connectivity index (χ4v) is 4.78. The smallest absolute Gasteiger partial charge is 0.152 e. The number of rotatable bonds is 6. The number of halogens is 2. The Labute approximate surface area is 201 Å². The van der Waals surface area contributed by atoms with E-state index >= 15 is 0 Å². The van der Waals surface area contributed by atoms with Crippen LogP contribution >= 0.6 is 0 Å². The van der Waals surface area contributed by atoms with Gasteiger partial charge in [-0.3, -0.25) is 4.98 Å². The van der Waals surface area contributed by atoms with Crippen molar-refractivity contribution in [1.82, 2.24) is 9.97 Å². The van der Waals surface area contributed by atoms with Gasteiger partial charge in [-0.05, 0) is 48.2 Å². The highest BCUT2D eigenvalue weighted by Crippen LogP contribution is 2.34. The van der Waals surface area contributed by atoms with Crippen LogP contribution in [-0.4, -0.2) is 34.2 Å². The van der Waals surface area contributed by atoms with Crippen LogP contribution in [0.2, 0.25) is 0 Å². The van der Waals surface area contributed by atoms with Crippen LogP contribution in [0.25, 0.3) is 22.2 Å². The zero-order valence-corrected chi connectivity index (χ0v) is 19.3. The van der Waals surface area contributed by atoms with Gasteiger partial charge in [0.15, 0.2) is 5.58 Å². The van der Waals surface area contributed by atoms with Crippen molar-refractivity contribution in [2.75, 3.05) is 23.3 Å². The number of aliphatic hydroxyl groups is 1. The highest BCUT2D eigenvalue weighted by Gasteiger charge is 2.24. The molecule has 4 aromatic rings. The largest absolute Gasteiger partial charge is 0.462 e. The minimum Gasteiger partial charge on any atom is -0.462 e. The third-order valence-electron chi connectivity index (χ3n) is 6.32. The quantitative estimate of drug-likeness (QED) is 0.376. The van der Waals surface area contributed by atoms with Gasteiger partial charge in [0.2, 0.25) is 0 Å². The normalized spacial score (nSPS) is 18.3. The molecule has 2 unspecified atom stereocenters. The molecule has 2 atom stereocenters. The number of benzene rings is 1. The Kier molecular flexibility index (Phi) is 6.36. The number of nitrogens with one attached hydrogen (secondary N) is 1. The van der Waals surface area contributed by atoms with Gasteiger partial charge in [0, 0.05) is 25.3 Å². The first-order valence-electron chi connectivity index (χ1n) is 11.6. The van der Waals surface area contributed by atoms with Crippen LogP contribution in [0, 0.1) is 17.6 Å². The van der Waals surface area contributed by atoms with Crippen molar-refractivity contribution in [1.29, 1.82) is 0 Å². The van der Waals surface area contributed by atoms with Crippen LogP contribution in [0.1, 0.15) is 24.6 Å². The van der Waals surface area contributed by atoms with Crippen LogP contribution in [0.4, 0.5) is 20.2 Å². The predicted octanol–water partition coefficient (Wildman–Crippen LogP) is 4.45. The standard InChI is InChI=1S/C26H27F2N5O2/c1-15-6-17(29)12-33(11-15)23-4-5-30-10-22(23)31-9-18-2-3-24-26(32-18)19(14-35-24)25-20(27)7-16(13-34)8-21(25)28/h2-5,7-8,10,14-15,17,31,34H,6,9,11-13,29H2,1H3. The molecule has 9 heteroatoms. The number of nitrogens with two attached hydrogens (primary N) is 1. The van der Waals surface area contributed by atoms with Crippen molar-refractivity contribution in [3.8, 4) is 11.1 Å². The van der Waals surface area contributed by atoms with Crippen LogP contribution < -0.4 is 16.0 Å². The Morgan fingerprint density at radius 2 is 2.00 bits per heavy atom. The van der Waals surface area contributed by atoms with Gasteiger partial charge in [-0.25, -0.2) is 13.8 Å². The molecule has 0 spiro atoms. The summed E-state index contributed by atoms with van der Waals surface area (Å²) in [5.41, 5.74) is 9.74. The molecule has 0 amide bonds. The molecule has 4 N–H and O–H groups in total. The molecule has 0 saturated carbocycles. The molecule has 182 valence electrons. The van der Waals surface area contributed by atoms with Crippen molar-refractivity contribution in [2.45, 2.75) is 32.5 Å². The number of aliphatic hydroxyl groups excluding tert-OH is 1. The first-order chi connectivity index (χ1) is 16.9. The van der Waals surface area contributed by atoms with E-state index in [0.29, 0.717) is 29.3 Å². The molecule has 5 rings (SSSR count). The summed E-state index contributed by atoms with van der Waals surface area (Å²) in [7, 11) is 0. The van der Waals surface area contributed by atoms with Gasteiger partial charge in [-0.1, -0.05) is 6.92 Å². The molecule has 1 saturated heterocycles. The van der Waals surface area contributed by atoms with E-state index in [9.17, 15) is 13.9 Å². The first kappa shape index (κ1) is 23.2. The van der Waals surface area contributed by atoms with Gasteiger partial charge in [0.25, 0.3) is 0 Å². The van der Waals surface area contributed by atoms with E-state index in [1.54, 1.807) is 24.5 Å². The Morgan fingerprint density at radius 3 is 2.74 bits per heavy atom. The zero-order chi connectivity index (χ0) is 24.5. The van der Waals surface area contributed by atoms with Gasteiger partial charge in [0.05, 0.1) is 47.5 Å². The number of hydrogen-bond donors (Lipinski definition) is 3. The number of nitrogens with zero attached hydrogens (tertiary/aromatic N) is 3.